The van der Waals surface area contributed by atoms with Crippen LogP contribution in [0.4, 0.5) is 0 Å². The van der Waals surface area contributed by atoms with Crippen LogP contribution in [0.2, 0.25) is 10.0 Å². The lowest BCUT2D eigenvalue weighted by Crippen LogP contribution is -1.99. The first-order valence-electron chi connectivity index (χ1n) is 7.57. The summed E-state index contributed by atoms with van der Waals surface area (Å²) in [6.07, 6.45) is 2.80. The van der Waals surface area contributed by atoms with E-state index in [1.165, 1.54) is 18.5 Å². The van der Waals surface area contributed by atoms with Gasteiger partial charge < -0.3 is 14.0 Å². The van der Waals surface area contributed by atoms with Crippen molar-refractivity contribution in [3.05, 3.63) is 87.8 Å². The Kier molecular flexibility index (Phi) is 5.94. The van der Waals surface area contributed by atoms with E-state index in [1.54, 1.807) is 42.5 Å². The third-order valence-corrected chi connectivity index (χ3v) is 3.94. The minimum atomic E-state index is -0.661. The zero-order chi connectivity index (χ0) is 18.4. The molecule has 0 atom stereocenters. The molecule has 0 saturated heterocycles. The second-order valence-corrected chi connectivity index (χ2v) is 6.03. The van der Waals surface area contributed by atoms with Crippen molar-refractivity contribution < 1.29 is 18.8 Å². The Balaban J connectivity index is 1.53. The first kappa shape index (κ1) is 18.0. The molecule has 0 aliphatic heterocycles. The van der Waals surface area contributed by atoms with E-state index in [0.29, 0.717) is 22.4 Å². The molecule has 0 fully saturated rings. The second kappa shape index (κ2) is 8.56. The Morgan fingerprint density at radius 3 is 2.62 bits per heavy atom. The van der Waals surface area contributed by atoms with E-state index >= 15 is 0 Å². The molecule has 0 spiro atoms. The average Bonchev–Trinajstić information content (AvgIpc) is 3.17. The molecule has 7 heteroatoms. The average molecular weight is 390 g/mol. The van der Waals surface area contributed by atoms with Crippen LogP contribution in [0.3, 0.4) is 0 Å². The predicted molar refractivity (Wildman–Crippen MR) is 99.0 cm³/mol. The van der Waals surface area contributed by atoms with Gasteiger partial charge in [-0.15, -0.1) is 0 Å². The molecule has 26 heavy (non-hydrogen) atoms. The number of carbonyl (C=O) groups is 1. The zero-order valence-electron chi connectivity index (χ0n) is 13.4. The molecule has 1 aromatic heterocycles. The lowest BCUT2D eigenvalue weighted by molar-refractivity contribution is 0.0483. The van der Waals surface area contributed by atoms with E-state index in [2.05, 4.69) is 5.16 Å². The number of oxime groups is 1. The van der Waals surface area contributed by atoms with Crippen LogP contribution in [-0.2, 0) is 11.4 Å². The standard InChI is InChI=1S/C19H13Cl2NO4/c20-15-6-5-14(17(21)10-15)12-25-16-7-3-13(4-8-16)11-22-26-19(23)18-2-1-9-24-18/h1-11H,12H2. The maximum absolute atomic E-state index is 11.5. The van der Waals surface area contributed by atoms with Crippen molar-refractivity contribution in [2.24, 2.45) is 5.16 Å². The number of hydrogen-bond acceptors (Lipinski definition) is 5. The molecule has 0 unspecified atom stereocenters. The minimum Gasteiger partial charge on any atom is -0.489 e. The van der Waals surface area contributed by atoms with Gasteiger partial charge in [0.05, 0.1) is 12.5 Å². The normalized spacial score (nSPS) is 10.8. The van der Waals surface area contributed by atoms with Gasteiger partial charge in [0.25, 0.3) is 0 Å². The second-order valence-electron chi connectivity index (χ2n) is 5.18. The van der Waals surface area contributed by atoms with Crippen LogP contribution in [-0.4, -0.2) is 12.2 Å². The summed E-state index contributed by atoms with van der Waals surface area (Å²) in [6, 6.07) is 15.5. The van der Waals surface area contributed by atoms with Crippen LogP contribution < -0.4 is 4.74 Å². The number of furan rings is 1. The summed E-state index contributed by atoms with van der Waals surface area (Å²) in [4.78, 5) is 16.3. The fourth-order valence-corrected chi connectivity index (χ4v) is 2.49. The molecular formula is C19H13Cl2NO4. The SMILES string of the molecule is O=C(ON=Cc1ccc(OCc2ccc(Cl)cc2Cl)cc1)c1ccco1. The molecule has 1 heterocycles. The van der Waals surface area contributed by atoms with Crippen LogP contribution in [0.5, 0.6) is 5.75 Å². The molecule has 0 saturated carbocycles. The largest absolute Gasteiger partial charge is 0.489 e. The van der Waals surface area contributed by atoms with Crippen LogP contribution in [0.15, 0.2) is 70.4 Å². The van der Waals surface area contributed by atoms with Gasteiger partial charge in [-0.3, -0.25) is 0 Å². The van der Waals surface area contributed by atoms with Gasteiger partial charge in [0.15, 0.2) is 0 Å². The number of benzene rings is 2. The van der Waals surface area contributed by atoms with E-state index in [-0.39, 0.29) is 5.76 Å². The van der Waals surface area contributed by atoms with Crippen LogP contribution in [0.25, 0.3) is 0 Å². The molecule has 2 aromatic carbocycles. The van der Waals surface area contributed by atoms with E-state index < -0.39 is 5.97 Å². The Bertz CT molecular complexity index is 906. The summed E-state index contributed by atoms with van der Waals surface area (Å²) >= 11 is 12.0. The number of nitrogens with zero attached hydrogens (tertiary/aromatic N) is 1. The van der Waals surface area contributed by atoms with Crippen molar-refractivity contribution in [2.75, 3.05) is 0 Å². The Hall–Kier alpha value is -2.76. The third kappa shape index (κ3) is 4.88. The van der Waals surface area contributed by atoms with Gasteiger partial charge in [0, 0.05) is 15.6 Å². The molecular weight excluding hydrogens is 377 g/mol. The molecule has 0 aliphatic carbocycles. The van der Waals surface area contributed by atoms with E-state index in [9.17, 15) is 4.79 Å². The number of halogens is 2. The van der Waals surface area contributed by atoms with Gasteiger partial charge in [-0.2, -0.15) is 0 Å². The van der Waals surface area contributed by atoms with Gasteiger partial charge in [0.1, 0.15) is 12.4 Å². The third-order valence-electron chi connectivity index (χ3n) is 3.35. The fraction of sp³-hybridized carbons (Fsp3) is 0.0526. The zero-order valence-corrected chi connectivity index (χ0v) is 14.9. The molecule has 0 radical (unpaired) electrons. The monoisotopic (exact) mass is 389 g/mol. The van der Waals surface area contributed by atoms with Crippen molar-refractivity contribution in [3.63, 3.8) is 0 Å². The molecule has 3 aromatic rings. The van der Waals surface area contributed by atoms with Gasteiger partial charge in [-0.05, 0) is 54.1 Å². The van der Waals surface area contributed by atoms with E-state index in [1.807, 2.05) is 6.07 Å². The van der Waals surface area contributed by atoms with Gasteiger partial charge >= 0.3 is 5.97 Å². The fourth-order valence-electron chi connectivity index (χ4n) is 2.02. The summed E-state index contributed by atoms with van der Waals surface area (Å²) in [5.41, 5.74) is 1.58. The van der Waals surface area contributed by atoms with Crippen molar-refractivity contribution in [3.8, 4) is 5.75 Å². The number of rotatable bonds is 6. The molecule has 5 nitrogen and oxygen atoms in total. The molecule has 0 N–H and O–H groups in total. The van der Waals surface area contributed by atoms with Crippen molar-refractivity contribution in [1.29, 1.82) is 0 Å². The predicted octanol–water partition coefficient (Wildman–Crippen LogP) is 5.36. The maximum atomic E-state index is 11.5. The summed E-state index contributed by atoms with van der Waals surface area (Å²) < 4.78 is 10.6. The van der Waals surface area contributed by atoms with Crippen molar-refractivity contribution in [1.82, 2.24) is 0 Å². The highest BCUT2D eigenvalue weighted by molar-refractivity contribution is 6.35. The van der Waals surface area contributed by atoms with E-state index in [0.717, 1.165) is 11.1 Å². The molecule has 0 amide bonds. The molecule has 0 aliphatic rings. The first-order valence-corrected chi connectivity index (χ1v) is 8.32. The van der Waals surface area contributed by atoms with Crippen LogP contribution >= 0.6 is 23.2 Å². The van der Waals surface area contributed by atoms with Crippen LogP contribution in [0, 0.1) is 0 Å². The highest BCUT2D eigenvalue weighted by atomic mass is 35.5. The minimum absolute atomic E-state index is 0.0896. The van der Waals surface area contributed by atoms with Crippen LogP contribution in [0.1, 0.15) is 21.7 Å². The number of ether oxygens (including phenoxy) is 1. The smallest absolute Gasteiger partial charge is 0.400 e. The lowest BCUT2D eigenvalue weighted by Gasteiger charge is -2.08. The van der Waals surface area contributed by atoms with Crippen molar-refractivity contribution >= 4 is 35.4 Å². The topological polar surface area (TPSA) is 61.0 Å². The summed E-state index contributed by atoms with van der Waals surface area (Å²) in [5, 5.41) is 4.77. The van der Waals surface area contributed by atoms with Gasteiger partial charge in [0.2, 0.25) is 5.76 Å². The molecule has 0 bridgehead atoms. The quantitative estimate of drug-likeness (QED) is 0.323. The summed E-state index contributed by atoms with van der Waals surface area (Å²) in [7, 11) is 0. The Labute approximate surface area is 159 Å². The summed E-state index contributed by atoms with van der Waals surface area (Å²) in [5.74, 6) is 0.0959. The Morgan fingerprint density at radius 1 is 1.12 bits per heavy atom. The van der Waals surface area contributed by atoms with Gasteiger partial charge in [-0.25, -0.2) is 4.79 Å². The lowest BCUT2D eigenvalue weighted by atomic mass is 10.2. The highest BCUT2D eigenvalue weighted by Gasteiger charge is 2.09. The summed E-state index contributed by atoms with van der Waals surface area (Å²) in [6.45, 7) is 0.324. The molecule has 132 valence electrons. The molecule has 3 rings (SSSR count). The number of carbonyl (C=O) groups excluding carboxylic acids is 1. The maximum Gasteiger partial charge on any atom is 0.400 e. The Morgan fingerprint density at radius 2 is 1.92 bits per heavy atom. The van der Waals surface area contributed by atoms with E-state index in [4.69, 9.17) is 37.2 Å². The number of hydrogen-bond donors (Lipinski definition) is 0. The highest BCUT2D eigenvalue weighted by Crippen LogP contribution is 2.22. The van der Waals surface area contributed by atoms with Gasteiger partial charge in [-0.1, -0.05) is 34.4 Å². The van der Waals surface area contributed by atoms with Crippen molar-refractivity contribution in [2.45, 2.75) is 6.61 Å². The first-order chi connectivity index (χ1) is 12.6.